The molecule has 0 aliphatic rings. The first-order valence-corrected chi connectivity index (χ1v) is 7.92. The number of benzene rings is 2. The van der Waals surface area contributed by atoms with Gasteiger partial charge in [0.2, 0.25) is 10.0 Å². The standard InChI is InChI=1S/C15H19NO3S/c1-15(2,11-17)10-16-20(18,19)14-9-5-7-12-6-3-4-8-13(12)14/h3-9,16-17H,10-11H2,1-2H3. The van der Waals surface area contributed by atoms with E-state index in [1.165, 1.54) is 0 Å². The molecule has 108 valence electrons. The molecular formula is C15H19NO3S. The lowest BCUT2D eigenvalue weighted by molar-refractivity contribution is 0.163. The third-order valence-electron chi connectivity index (χ3n) is 3.21. The minimum atomic E-state index is -3.59. The summed E-state index contributed by atoms with van der Waals surface area (Å²) >= 11 is 0. The number of aliphatic hydroxyl groups excluding tert-OH is 1. The molecular weight excluding hydrogens is 274 g/mol. The quantitative estimate of drug-likeness (QED) is 0.887. The number of hydrogen-bond donors (Lipinski definition) is 2. The summed E-state index contributed by atoms with van der Waals surface area (Å²) in [4.78, 5) is 0.268. The Morgan fingerprint density at radius 2 is 1.75 bits per heavy atom. The Morgan fingerprint density at radius 3 is 2.45 bits per heavy atom. The highest BCUT2D eigenvalue weighted by molar-refractivity contribution is 7.89. The first-order valence-electron chi connectivity index (χ1n) is 6.44. The van der Waals surface area contributed by atoms with E-state index >= 15 is 0 Å². The van der Waals surface area contributed by atoms with Gasteiger partial charge >= 0.3 is 0 Å². The molecule has 0 saturated heterocycles. The molecule has 0 amide bonds. The van der Waals surface area contributed by atoms with E-state index in [1.807, 2.05) is 24.3 Å². The van der Waals surface area contributed by atoms with Crippen LogP contribution in [-0.2, 0) is 10.0 Å². The van der Waals surface area contributed by atoms with Gasteiger partial charge in [0.1, 0.15) is 0 Å². The minimum Gasteiger partial charge on any atom is -0.396 e. The van der Waals surface area contributed by atoms with Crippen LogP contribution in [0.4, 0.5) is 0 Å². The zero-order chi connectivity index (χ0) is 14.8. The van der Waals surface area contributed by atoms with E-state index in [2.05, 4.69) is 4.72 Å². The summed E-state index contributed by atoms with van der Waals surface area (Å²) < 4.78 is 27.4. The van der Waals surface area contributed by atoms with Crippen LogP contribution in [0.1, 0.15) is 13.8 Å². The molecule has 20 heavy (non-hydrogen) atoms. The van der Waals surface area contributed by atoms with E-state index in [-0.39, 0.29) is 18.0 Å². The maximum absolute atomic E-state index is 12.4. The molecule has 0 fully saturated rings. The van der Waals surface area contributed by atoms with Crippen molar-refractivity contribution in [2.24, 2.45) is 5.41 Å². The van der Waals surface area contributed by atoms with Crippen molar-refractivity contribution < 1.29 is 13.5 Å². The van der Waals surface area contributed by atoms with Gasteiger partial charge in [0.25, 0.3) is 0 Å². The van der Waals surface area contributed by atoms with E-state index in [0.717, 1.165) is 5.39 Å². The number of sulfonamides is 1. The molecule has 2 aromatic rings. The van der Waals surface area contributed by atoms with Crippen LogP contribution in [0.5, 0.6) is 0 Å². The van der Waals surface area contributed by atoms with Crippen LogP contribution in [0, 0.1) is 5.41 Å². The molecule has 4 nitrogen and oxygen atoms in total. The fourth-order valence-corrected chi connectivity index (χ4v) is 3.32. The van der Waals surface area contributed by atoms with Crippen LogP contribution in [0.3, 0.4) is 0 Å². The summed E-state index contributed by atoms with van der Waals surface area (Å²) in [6, 6.07) is 12.6. The molecule has 0 unspecified atom stereocenters. The summed E-state index contributed by atoms with van der Waals surface area (Å²) in [5.41, 5.74) is -0.488. The highest BCUT2D eigenvalue weighted by Gasteiger charge is 2.22. The molecule has 0 aliphatic heterocycles. The number of rotatable bonds is 5. The Hall–Kier alpha value is -1.43. The second kappa shape index (κ2) is 5.52. The van der Waals surface area contributed by atoms with Gasteiger partial charge < -0.3 is 5.11 Å². The Morgan fingerprint density at radius 1 is 1.10 bits per heavy atom. The lowest BCUT2D eigenvalue weighted by atomic mass is 9.96. The largest absolute Gasteiger partial charge is 0.396 e. The van der Waals surface area contributed by atoms with Gasteiger partial charge in [-0.1, -0.05) is 50.2 Å². The van der Waals surface area contributed by atoms with E-state index in [0.29, 0.717) is 5.39 Å². The average Bonchev–Trinajstić information content (AvgIpc) is 2.45. The van der Waals surface area contributed by atoms with Crippen molar-refractivity contribution in [2.45, 2.75) is 18.7 Å². The number of aliphatic hydroxyl groups is 1. The fourth-order valence-electron chi connectivity index (χ4n) is 1.85. The Kier molecular flexibility index (Phi) is 4.13. The number of hydrogen-bond acceptors (Lipinski definition) is 3. The third kappa shape index (κ3) is 3.17. The molecule has 2 aromatic carbocycles. The Labute approximate surface area is 119 Å². The molecule has 5 heteroatoms. The Bertz CT molecular complexity index is 703. The molecule has 0 radical (unpaired) electrons. The zero-order valence-electron chi connectivity index (χ0n) is 11.6. The van der Waals surface area contributed by atoms with Crippen molar-refractivity contribution in [3.63, 3.8) is 0 Å². The third-order valence-corrected chi connectivity index (χ3v) is 4.67. The van der Waals surface area contributed by atoms with Crippen LogP contribution >= 0.6 is 0 Å². The first-order chi connectivity index (χ1) is 9.36. The summed E-state index contributed by atoms with van der Waals surface area (Å²) in [6.45, 7) is 3.72. The summed E-state index contributed by atoms with van der Waals surface area (Å²) in [7, 11) is -3.59. The molecule has 0 heterocycles. The van der Waals surface area contributed by atoms with Crippen LogP contribution in [0.25, 0.3) is 10.8 Å². The van der Waals surface area contributed by atoms with Crippen molar-refractivity contribution in [1.82, 2.24) is 4.72 Å². The Balaban J connectivity index is 2.38. The van der Waals surface area contributed by atoms with Gasteiger partial charge in [-0.2, -0.15) is 0 Å². The van der Waals surface area contributed by atoms with Crippen molar-refractivity contribution in [1.29, 1.82) is 0 Å². The van der Waals surface area contributed by atoms with Gasteiger partial charge in [-0.15, -0.1) is 0 Å². The average molecular weight is 293 g/mol. The smallest absolute Gasteiger partial charge is 0.241 e. The normalized spacial score (nSPS) is 12.8. The minimum absolute atomic E-state index is 0.0783. The lowest BCUT2D eigenvalue weighted by Crippen LogP contribution is -2.36. The maximum atomic E-state index is 12.4. The van der Waals surface area contributed by atoms with Gasteiger partial charge in [-0.25, -0.2) is 13.1 Å². The van der Waals surface area contributed by atoms with Crippen LogP contribution in [0.2, 0.25) is 0 Å². The lowest BCUT2D eigenvalue weighted by Gasteiger charge is -2.22. The summed E-state index contributed by atoms with van der Waals surface area (Å²) in [6.07, 6.45) is 0. The van der Waals surface area contributed by atoms with Crippen LogP contribution < -0.4 is 4.72 Å². The van der Waals surface area contributed by atoms with Gasteiger partial charge in [-0.05, 0) is 11.5 Å². The summed E-state index contributed by atoms with van der Waals surface area (Å²) in [5.74, 6) is 0. The molecule has 0 bridgehead atoms. The van der Waals surface area contributed by atoms with Crippen LogP contribution in [-0.4, -0.2) is 26.7 Å². The highest BCUT2D eigenvalue weighted by Crippen LogP contribution is 2.23. The molecule has 0 aliphatic carbocycles. The van der Waals surface area contributed by atoms with Crippen LogP contribution in [0.15, 0.2) is 47.4 Å². The molecule has 2 rings (SSSR count). The van der Waals surface area contributed by atoms with Gasteiger partial charge in [0.15, 0.2) is 0 Å². The van der Waals surface area contributed by atoms with E-state index < -0.39 is 15.4 Å². The predicted octanol–water partition coefficient (Wildman–Crippen LogP) is 2.14. The fraction of sp³-hybridized carbons (Fsp3) is 0.333. The molecule has 0 saturated carbocycles. The summed E-state index contributed by atoms with van der Waals surface area (Å²) in [5, 5.41) is 10.8. The zero-order valence-corrected chi connectivity index (χ0v) is 12.4. The topological polar surface area (TPSA) is 66.4 Å². The van der Waals surface area contributed by atoms with Crippen molar-refractivity contribution in [2.75, 3.05) is 13.2 Å². The molecule has 2 N–H and O–H groups in total. The predicted molar refractivity (Wildman–Crippen MR) is 80.0 cm³/mol. The highest BCUT2D eigenvalue weighted by atomic mass is 32.2. The second-order valence-corrected chi connectivity index (χ2v) is 7.36. The van der Waals surface area contributed by atoms with Gasteiger partial charge in [0, 0.05) is 24.0 Å². The molecule has 0 aromatic heterocycles. The van der Waals surface area contributed by atoms with E-state index in [9.17, 15) is 13.5 Å². The monoisotopic (exact) mass is 293 g/mol. The molecule has 0 atom stereocenters. The van der Waals surface area contributed by atoms with Crippen molar-refractivity contribution in [3.8, 4) is 0 Å². The van der Waals surface area contributed by atoms with Crippen molar-refractivity contribution >= 4 is 20.8 Å². The molecule has 0 spiro atoms. The number of nitrogens with one attached hydrogen (secondary N) is 1. The van der Waals surface area contributed by atoms with Crippen molar-refractivity contribution in [3.05, 3.63) is 42.5 Å². The first kappa shape index (κ1) is 15.0. The van der Waals surface area contributed by atoms with E-state index in [4.69, 9.17) is 0 Å². The van der Waals surface area contributed by atoms with Gasteiger partial charge in [-0.3, -0.25) is 0 Å². The second-order valence-electron chi connectivity index (χ2n) is 5.62. The van der Waals surface area contributed by atoms with E-state index in [1.54, 1.807) is 32.0 Å². The number of fused-ring (bicyclic) bond motifs is 1. The SMILES string of the molecule is CC(C)(CO)CNS(=O)(=O)c1cccc2ccccc12. The van der Waals surface area contributed by atoms with Gasteiger partial charge in [0.05, 0.1) is 4.90 Å². The maximum Gasteiger partial charge on any atom is 0.241 e.